The van der Waals surface area contributed by atoms with Gasteiger partial charge in [-0.05, 0) is 54.8 Å². The number of aromatic nitrogens is 2. The number of amides is 2. The molecule has 2 heterocycles. The van der Waals surface area contributed by atoms with Gasteiger partial charge >= 0.3 is 5.97 Å². The molecule has 2 N–H and O–H groups in total. The van der Waals surface area contributed by atoms with E-state index in [1.807, 2.05) is 26.0 Å². The molecule has 2 amide bonds. The lowest BCUT2D eigenvalue weighted by Gasteiger charge is -2.09. The van der Waals surface area contributed by atoms with E-state index in [1.54, 1.807) is 24.3 Å². The molecule has 10 heteroatoms. The number of fused-ring (bicyclic) bond motifs is 1. The van der Waals surface area contributed by atoms with Crippen LogP contribution in [0.25, 0.3) is 4.96 Å². The predicted octanol–water partition coefficient (Wildman–Crippen LogP) is 4.56. The summed E-state index contributed by atoms with van der Waals surface area (Å²) in [6.45, 7) is 4.01. The lowest BCUT2D eigenvalue weighted by atomic mass is 10.1. The third-order valence-electron chi connectivity index (χ3n) is 5.68. The third kappa shape index (κ3) is 5.59. The minimum absolute atomic E-state index is 0.0398. The van der Waals surface area contributed by atoms with Gasteiger partial charge in [-0.3, -0.25) is 14.4 Å². The molecule has 0 aliphatic rings. The average molecular weight is 519 g/mol. The van der Waals surface area contributed by atoms with Crippen molar-refractivity contribution in [3.8, 4) is 0 Å². The van der Waals surface area contributed by atoms with E-state index in [1.165, 1.54) is 29.7 Å². The van der Waals surface area contributed by atoms with Crippen molar-refractivity contribution >= 4 is 45.5 Å². The summed E-state index contributed by atoms with van der Waals surface area (Å²) < 4.78 is 5.87. The molecule has 0 aliphatic carbocycles. The van der Waals surface area contributed by atoms with Gasteiger partial charge in [-0.25, -0.2) is 14.2 Å². The van der Waals surface area contributed by atoms with Crippen LogP contribution in [0.15, 0.2) is 59.4 Å². The van der Waals surface area contributed by atoms with Gasteiger partial charge in [0.25, 0.3) is 17.4 Å². The highest BCUT2D eigenvalue weighted by Gasteiger charge is 2.26. The number of hydrogen-bond donors (Lipinski definition) is 2. The Morgan fingerprint density at radius 2 is 1.57 bits per heavy atom. The second-order valence-corrected chi connectivity index (χ2v) is 9.24. The first-order valence-corrected chi connectivity index (χ1v) is 12.6. The predicted molar refractivity (Wildman–Crippen MR) is 143 cm³/mol. The van der Waals surface area contributed by atoms with Crippen LogP contribution in [0.2, 0.25) is 0 Å². The minimum atomic E-state index is -0.603. The summed E-state index contributed by atoms with van der Waals surface area (Å²) in [6, 6.07) is 14.9. The second-order valence-electron chi connectivity index (χ2n) is 8.26. The summed E-state index contributed by atoms with van der Waals surface area (Å²) in [7, 11) is 1.28. The number of hydrogen-bond acceptors (Lipinski definition) is 7. The van der Waals surface area contributed by atoms with Crippen molar-refractivity contribution in [1.82, 2.24) is 9.38 Å². The maximum atomic E-state index is 13.4. The highest BCUT2D eigenvalue weighted by atomic mass is 32.1. The minimum Gasteiger partial charge on any atom is -0.465 e. The molecule has 0 saturated heterocycles. The molecule has 4 rings (SSSR count). The van der Waals surface area contributed by atoms with E-state index < -0.39 is 23.3 Å². The number of benzene rings is 2. The first-order valence-electron chi connectivity index (χ1n) is 11.8. The van der Waals surface area contributed by atoms with E-state index in [4.69, 9.17) is 4.74 Å². The number of carbonyl (C=O) groups excluding carboxylic acids is 3. The number of esters is 1. The number of methoxy groups -OCH3 is 1. The molecule has 9 nitrogen and oxygen atoms in total. The topological polar surface area (TPSA) is 119 Å². The van der Waals surface area contributed by atoms with Gasteiger partial charge in [0.1, 0.15) is 10.6 Å². The number of aryl methyl sites for hydroxylation is 2. The van der Waals surface area contributed by atoms with Crippen molar-refractivity contribution in [3.63, 3.8) is 0 Å². The number of nitrogens with one attached hydrogen (secondary N) is 2. The molecule has 4 aromatic rings. The van der Waals surface area contributed by atoms with Gasteiger partial charge in [-0.2, -0.15) is 0 Å². The van der Waals surface area contributed by atoms with Crippen LogP contribution in [0.3, 0.4) is 0 Å². The first-order chi connectivity index (χ1) is 17.8. The maximum Gasteiger partial charge on any atom is 0.337 e. The van der Waals surface area contributed by atoms with Crippen molar-refractivity contribution in [2.75, 3.05) is 17.7 Å². The largest absolute Gasteiger partial charge is 0.465 e. The number of anilines is 2. The molecule has 0 radical (unpaired) electrons. The number of rotatable bonds is 8. The highest BCUT2D eigenvalue weighted by Crippen LogP contribution is 2.24. The van der Waals surface area contributed by atoms with Crippen LogP contribution in [0.4, 0.5) is 11.4 Å². The summed E-state index contributed by atoms with van der Waals surface area (Å²) in [4.78, 5) is 56.3. The highest BCUT2D eigenvalue weighted by molar-refractivity contribution is 7.19. The van der Waals surface area contributed by atoms with Crippen LogP contribution in [0.1, 0.15) is 62.0 Å². The van der Waals surface area contributed by atoms with Gasteiger partial charge in [0.2, 0.25) is 0 Å². The van der Waals surface area contributed by atoms with Crippen LogP contribution < -0.4 is 16.2 Å². The molecule has 0 bridgehead atoms. The van der Waals surface area contributed by atoms with Gasteiger partial charge in [0.15, 0.2) is 4.96 Å². The number of ether oxygens (including phenoxy) is 1. The zero-order chi connectivity index (χ0) is 26.5. The molecular weight excluding hydrogens is 492 g/mol. The lowest BCUT2D eigenvalue weighted by Crippen LogP contribution is -2.25. The molecule has 37 heavy (non-hydrogen) atoms. The van der Waals surface area contributed by atoms with Crippen molar-refractivity contribution in [1.29, 1.82) is 0 Å². The van der Waals surface area contributed by atoms with E-state index >= 15 is 0 Å². The van der Waals surface area contributed by atoms with Crippen molar-refractivity contribution in [3.05, 3.63) is 92.3 Å². The van der Waals surface area contributed by atoms with E-state index in [9.17, 15) is 19.2 Å². The van der Waals surface area contributed by atoms with Gasteiger partial charge < -0.3 is 15.4 Å². The molecule has 2 aromatic carbocycles. The van der Waals surface area contributed by atoms with Gasteiger partial charge in [0.05, 0.1) is 12.7 Å². The van der Waals surface area contributed by atoms with Crippen LogP contribution in [0.5, 0.6) is 0 Å². The molecule has 0 aliphatic heterocycles. The Hall–Kier alpha value is -4.31. The molecule has 190 valence electrons. The van der Waals surface area contributed by atoms with Crippen LogP contribution >= 0.6 is 11.3 Å². The Morgan fingerprint density at radius 1 is 0.946 bits per heavy atom. The Kier molecular flexibility index (Phi) is 7.78. The maximum absolute atomic E-state index is 13.4. The van der Waals surface area contributed by atoms with E-state index in [0.29, 0.717) is 29.1 Å². The molecule has 0 fully saturated rings. The van der Waals surface area contributed by atoms with Crippen LogP contribution in [0, 0.1) is 0 Å². The summed E-state index contributed by atoms with van der Waals surface area (Å²) in [6.07, 6.45) is 2.25. The zero-order valence-corrected chi connectivity index (χ0v) is 21.5. The molecule has 0 unspecified atom stereocenters. The van der Waals surface area contributed by atoms with Gasteiger partial charge in [-0.1, -0.05) is 43.7 Å². The summed E-state index contributed by atoms with van der Waals surface area (Å²) in [5, 5.41) is 5.52. The second kappa shape index (κ2) is 11.2. The van der Waals surface area contributed by atoms with E-state index in [0.717, 1.165) is 29.7 Å². The average Bonchev–Trinajstić information content (AvgIpc) is 3.30. The summed E-state index contributed by atoms with van der Waals surface area (Å²) in [5.74, 6) is -1.68. The Bertz CT molecular complexity index is 1520. The van der Waals surface area contributed by atoms with Crippen molar-refractivity contribution in [2.45, 2.75) is 33.1 Å². The summed E-state index contributed by atoms with van der Waals surface area (Å²) >= 11 is 0.967. The quantitative estimate of drug-likeness (QED) is 0.330. The van der Waals surface area contributed by atoms with Crippen LogP contribution in [-0.2, 0) is 17.6 Å². The number of thiazole rings is 1. The Balaban J connectivity index is 1.73. The lowest BCUT2D eigenvalue weighted by molar-refractivity contribution is 0.0600. The number of carbonyl (C=O) groups is 3. The smallest absolute Gasteiger partial charge is 0.337 e. The standard InChI is InChI=1S/C27H26N4O5S/c1-4-6-20-15-21(32)31-22(24(33)28-18-11-7-16(5-2)8-12-18)23(37-27(31)30-20)25(34)29-19-13-9-17(10-14-19)26(35)36-3/h7-15H,4-6H2,1-3H3,(H,28,33)(H,29,34). The zero-order valence-electron chi connectivity index (χ0n) is 20.7. The van der Waals surface area contributed by atoms with E-state index in [-0.39, 0.29) is 15.5 Å². The molecule has 0 atom stereocenters. The summed E-state index contributed by atoms with van der Waals surface area (Å²) in [5.41, 5.74) is 2.46. The van der Waals surface area contributed by atoms with Crippen LogP contribution in [-0.4, -0.2) is 34.3 Å². The monoisotopic (exact) mass is 518 g/mol. The number of nitrogens with zero attached hydrogens (tertiary/aromatic N) is 2. The first kappa shape index (κ1) is 25.8. The van der Waals surface area contributed by atoms with Gasteiger partial charge in [0, 0.05) is 23.1 Å². The Morgan fingerprint density at radius 3 is 2.16 bits per heavy atom. The molecular formula is C27H26N4O5S. The third-order valence-corrected chi connectivity index (χ3v) is 6.72. The molecule has 0 saturated carbocycles. The Labute approximate surface area is 217 Å². The normalized spacial score (nSPS) is 10.8. The fourth-order valence-electron chi connectivity index (χ4n) is 3.77. The SMILES string of the molecule is CCCc1cc(=O)n2c(C(=O)Nc3ccc(CC)cc3)c(C(=O)Nc3ccc(C(=O)OC)cc3)sc2n1. The fourth-order valence-corrected chi connectivity index (χ4v) is 4.82. The van der Waals surface area contributed by atoms with Crippen molar-refractivity contribution < 1.29 is 19.1 Å². The van der Waals surface area contributed by atoms with Gasteiger partial charge in [-0.15, -0.1) is 0 Å². The van der Waals surface area contributed by atoms with Crippen molar-refractivity contribution in [2.24, 2.45) is 0 Å². The molecule has 2 aromatic heterocycles. The fraction of sp³-hybridized carbons (Fsp3) is 0.222. The van der Waals surface area contributed by atoms with E-state index in [2.05, 4.69) is 15.6 Å². The molecule has 0 spiro atoms.